The molecule has 4 atom stereocenters. The second-order valence-electron chi connectivity index (χ2n) is 8.50. The lowest BCUT2D eigenvalue weighted by Gasteiger charge is -2.23. The number of aryl methyl sites for hydroxylation is 1. The average molecular weight is 426 g/mol. The molecule has 0 aliphatic heterocycles. The van der Waals surface area contributed by atoms with E-state index in [-0.39, 0.29) is 17.7 Å². The zero-order chi connectivity index (χ0) is 21.9. The van der Waals surface area contributed by atoms with Crippen LogP contribution in [0.2, 0.25) is 0 Å². The van der Waals surface area contributed by atoms with Crippen molar-refractivity contribution in [1.82, 2.24) is 0 Å². The zero-order valence-corrected chi connectivity index (χ0v) is 17.5. The highest BCUT2D eigenvalue weighted by Crippen LogP contribution is 2.37. The molecule has 1 aliphatic rings. The topological polar surface area (TPSA) is 114 Å². The summed E-state index contributed by atoms with van der Waals surface area (Å²) in [5, 5.41) is 51.3. The zero-order valence-electron chi connectivity index (χ0n) is 17.5. The quantitative estimate of drug-likeness (QED) is 0.144. The Hall–Kier alpha value is -1.54. The van der Waals surface area contributed by atoms with Gasteiger partial charge < -0.3 is 25.6 Å². The number of rotatable bonds is 13. The molecule has 1 unspecified atom stereocenters. The molecule has 1 aromatic carbocycles. The molecule has 0 heterocycles. The van der Waals surface area contributed by atoms with Gasteiger partial charge in [0.05, 0.1) is 17.9 Å². The first kappa shape index (κ1) is 24.7. The van der Waals surface area contributed by atoms with E-state index in [0.29, 0.717) is 44.2 Å². The van der Waals surface area contributed by atoms with Gasteiger partial charge in [0.15, 0.2) is 6.29 Å². The van der Waals surface area contributed by atoms with E-state index in [1.807, 2.05) is 0 Å². The van der Waals surface area contributed by atoms with Crippen LogP contribution in [0.4, 0.5) is 4.39 Å². The number of benzene rings is 1. The molecule has 0 amide bonds. The maximum absolute atomic E-state index is 13.0. The van der Waals surface area contributed by atoms with Crippen molar-refractivity contribution in [3.63, 3.8) is 0 Å². The van der Waals surface area contributed by atoms with E-state index in [9.17, 15) is 19.8 Å². The molecule has 0 aromatic heterocycles. The maximum atomic E-state index is 13.0. The van der Waals surface area contributed by atoms with Crippen molar-refractivity contribution < 1.29 is 30.0 Å². The molecule has 0 bridgehead atoms. The first-order valence-corrected chi connectivity index (χ1v) is 11.1. The third kappa shape index (κ3) is 8.30. The number of aliphatic hydroxyl groups excluding tert-OH is 3. The number of hydrogen-bond acceptors (Lipinski definition) is 6. The number of nitrogens with zero attached hydrogens (tertiary/aromatic N) is 1. The molecular formula is C23H36FNO5. The summed E-state index contributed by atoms with van der Waals surface area (Å²) in [5.74, 6) is -0.291. The smallest absolute Gasteiger partial charge is 0.151 e. The Bertz CT molecular complexity index is 637. The second kappa shape index (κ2) is 13.0. The van der Waals surface area contributed by atoms with Crippen LogP contribution in [0.25, 0.3) is 0 Å². The number of unbranched alkanes of at least 4 members (excludes halogenated alkanes) is 3. The highest BCUT2D eigenvalue weighted by atomic mass is 19.1. The average Bonchev–Trinajstić information content (AvgIpc) is 3.03. The molecule has 0 spiro atoms. The van der Waals surface area contributed by atoms with Crippen molar-refractivity contribution in [2.75, 3.05) is 0 Å². The van der Waals surface area contributed by atoms with Gasteiger partial charge >= 0.3 is 0 Å². The normalized spacial score (nSPS) is 24.1. The molecule has 6 nitrogen and oxygen atoms in total. The Morgan fingerprint density at radius 3 is 2.30 bits per heavy atom. The molecule has 30 heavy (non-hydrogen) atoms. The molecule has 1 aliphatic carbocycles. The van der Waals surface area contributed by atoms with Gasteiger partial charge in [-0.25, -0.2) is 4.39 Å². The van der Waals surface area contributed by atoms with Gasteiger partial charge in [0.1, 0.15) is 5.82 Å². The predicted molar refractivity (Wildman–Crippen MR) is 113 cm³/mol. The van der Waals surface area contributed by atoms with Crippen molar-refractivity contribution >= 4 is 5.71 Å². The molecular weight excluding hydrogens is 389 g/mol. The largest absolute Gasteiger partial charge is 0.411 e. The molecule has 170 valence electrons. The summed E-state index contributed by atoms with van der Waals surface area (Å²) in [5.41, 5.74) is 1.59. The van der Waals surface area contributed by atoms with Gasteiger partial charge in [-0.1, -0.05) is 36.6 Å². The summed E-state index contributed by atoms with van der Waals surface area (Å²) in [4.78, 5) is 0. The summed E-state index contributed by atoms with van der Waals surface area (Å²) < 4.78 is 13.0. The minimum atomic E-state index is -1.25. The lowest BCUT2D eigenvalue weighted by molar-refractivity contribution is -0.0466. The molecule has 0 saturated heterocycles. The van der Waals surface area contributed by atoms with Gasteiger partial charge in [0.25, 0.3) is 0 Å². The summed E-state index contributed by atoms with van der Waals surface area (Å²) in [6.45, 7) is 0. The minimum absolute atomic E-state index is 0.0173. The fourth-order valence-corrected chi connectivity index (χ4v) is 4.48. The van der Waals surface area contributed by atoms with Gasteiger partial charge in [-0.15, -0.1) is 0 Å². The first-order valence-electron chi connectivity index (χ1n) is 11.1. The Labute approximate surface area is 178 Å². The van der Waals surface area contributed by atoms with Crippen LogP contribution in [0, 0.1) is 17.7 Å². The fraction of sp³-hybridized carbons (Fsp3) is 0.696. The van der Waals surface area contributed by atoms with Gasteiger partial charge in [-0.3, -0.25) is 0 Å². The van der Waals surface area contributed by atoms with Gasteiger partial charge in [0.2, 0.25) is 0 Å². The number of hydrogen-bond donors (Lipinski definition) is 5. The third-order valence-electron chi connectivity index (χ3n) is 6.23. The van der Waals surface area contributed by atoms with Crippen LogP contribution in [0.5, 0.6) is 0 Å². The minimum Gasteiger partial charge on any atom is -0.411 e. The van der Waals surface area contributed by atoms with Crippen molar-refractivity contribution in [3.8, 4) is 0 Å². The van der Waals surface area contributed by atoms with Crippen LogP contribution in [-0.2, 0) is 6.42 Å². The van der Waals surface area contributed by atoms with Crippen LogP contribution in [0.3, 0.4) is 0 Å². The van der Waals surface area contributed by atoms with Crippen molar-refractivity contribution in [3.05, 3.63) is 35.6 Å². The van der Waals surface area contributed by atoms with Gasteiger partial charge in [0, 0.05) is 12.3 Å². The van der Waals surface area contributed by atoms with E-state index < -0.39 is 18.5 Å². The summed E-state index contributed by atoms with van der Waals surface area (Å²) in [6.07, 6.45) is 5.30. The summed E-state index contributed by atoms with van der Waals surface area (Å²) in [7, 11) is 0. The highest BCUT2D eigenvalue weighted by Gasteiger charge is 2.39. The lowest BCUT2D eigenvalue weighted by atomic mass is 9.84. The van der Waals surface area contributed by atoms with Crippen LogP contribution < -0.4 is 0 Å². The van der Waals surface area contributed by atoms with Crippen molar-refractivity contribution in [1.29, 1.82) is 0 Å². The van der Waals surface area contributed by atoms with Gasteiger partial charge in [-0.05, 0) is 68.6 Å². The molecule has 1 fully saturated rings. The lowest BCUT2D eigenvalue weighted by Crippen LogP contribution is -2.22. The summed E-state index contributed by atoms with van der Waals surface area (Å²) >= 11 is 0. The molecule has 1 aromatic rings. The molecule has 0 radical (unpaired) electrons. The van der Waals surface area contributed by atoms with Crippen LogP contribution in [0.1, 0.15) is 69.8 Å². The maximum Gasteiger partial charge on any atom is 0.151 e. The molecule has 5 N–H and O–H groups in total. The van der Waals surface area contributed by atoms with E-state index in [1.165, 1.54) is 12.1 Å². The Morgan fingerprint density at radius 1 is 0.933 bits per heavy atom. The highest BCUT2D eigenvalue weighted by molar-refractivity contribution is 5.89. The van der Waals surface area contributed by atoms with E-state index in [2.05, 4.69) is 5.16 Å². The Morgan fingerprint density at radius 2 is 1.63 bits per heavy atom. The van der Waals surface area contributed by atoms with Crippen LogP contribution in [-0.4, -0.2) is 49.8 Å². The van der Waals surface area contributed by atoms with Crippen LogP contribution >= 0.6 is 0 Å². The standard InChI is InChI=1S/C23H36FNO5/c24-17-10-7-16(8-11-17)9-12-18(26)13-14-19-20(22(27)15-21(19)25-30)5-3-1-2-4-6-23(28)29/h7-8,10-11,18-20,22-23,26-30H,1-6,9,12-15H2/b25-21-/t18-,19?,20+,22-/m0/s1. The molecule has 7 heteroatoms. The van der Waals surface area contributed by atoms with E-state index >= 15 is 0 Å². The van der Waals surface area contributed by atoms with Gasteiger partial charge in [-0.2, -0.15) is 0 Å². The summed E-state index contributed by atoms with van der Waals surface area (Å²) in [6, 6.07) is 6.29. The van der Waals surface area contributed by atoms with E-state index in [1.54, 1.807) is 12.1 Å². The van der Waals surface area contributed by atoms with E-state index in [4.69, 9.17) is 10.2 Å². The Kier molecular flexibility index (Phi) is 10.7. The van der Waals surface area contributed by atoms with E-state index in [0.717, 1.165) is 37.7 Å². The van der Waals surface area contributed by atoms with Crippen molar-refractivity contribution in [2.45, 2.75) is 89.1 Å². The fourth-order valence-electron chi connectivity index (χ4n) is 4.48. The number of oxime groups is 1. The van der Waals surface area contributed by atoms with Crippen LogP contribution in [0.15, 0.2) is 29.4 Å². The molecule has 2 rings (SSSR count). The Balaban J connectivity index is 1.76. The third-order valence-corrected chi connectivity index (χ3v) is 6.23. The second-order valence-corrected chi connectivity index (χ2v) is 8.50. The number of halogens is 1. The van der Waals surface area contributed by atoms with Crippen molar-refractivity contribution in [2.24, 2.45) is 17.0 Å². The predicted octanol–water partition coefficient (Wildman–Crippen LogP) is 3.38. The first-order chi connectivity index (χ1) is 14.4. The monoisotopic (exact) mass is 425 g/mol. The number of aliphatic hydroxyl groups is 4. The SMILES string of the molecule is O/N=C1/C[C@H](O)[C@H](CCCCCCC(O)O)C1CC[C@@H](O)CCc1ccc(F)cc1. The molecule has 1 saturated carbocycles.